The second-order valence-electron chi connectivity index (χ2n) is 6.34. The van der Waals surface area contributed by atoms with Crippen molar-refractivity contribution >= 4 is 45.7 Å². The number of hydrogen-bond acceptors (Lipinski definition) is 8. The molecular formula is C21H17ClN4O3S2. The summed E-state index contributed by atoms with van der Waals surface area (Å²) in [5.74, 6) is 1.05. The number of amides is 1. The summed E-state index contributed by atoms with van der Waals surface area (Å²) in [5.41, 5.74) is 1.80. The van der Waals surface area contributed by atoms with Gasteiger partial charge in [-0.2, -0.15) is 0 Å². The molecule has 0 bridgehead atoms. The van der Waals surface area contributed by atoms with Crippen LogP contribution in [0.5, 0.6) is 5.75 Å². The highest BCUT2D eigenvalue weighted by Gasteiger charge is 2.13. The Labute approximate surface area is 191 Å². The van der Waals surface area contributed by atoms with Gasteiger partial charge in [0.2, 0.25) is 11.8 Å². The normalized spacial score (nSPS) is 10.8. The number of benzene rings is 2. The standard InChI is InChI=1S/C21H17ClN4O3S2/c1-28-15-8-6-13(7-9-15)19-25-26-21(29-19)30-12-18(27)24-20-23-11-16(31-20)10-14-4-2-3-5-17(14)22/h2-9,11H,10,12H2,1H3,(H,23,24,27). The first-order valence-electron chi connectivity index (χ1n) is 9.19. The summed E-state index contributed by atoms with van der Waals surface area (Å²) in [6, 6.07) is 15.0. The molecule has 2 aromatic carbocycles. The fraction of sp³-hybridized carbons (Fsp3) is 0.143. The van der Waals surface area contributed by atoms with Gasteiger partial charge in [0.15, 0.2) is 5.13 Å². The molecule has 0 radical (unpaired) electrons. The van der Waals surface area contributed by atoms with Crippen LogP contribution in [-0.2, 0) is 11.2 Å². The van der Waals surface area contributed by atoms with E-state index in [2.05, 4.69) is 20.5 Å². The number of aromatic nitrogens is 3. The SMILES string of the molecule is COc1ccc(-c2nnc(SCC(=O)Nc3ncc(Cc4ccccc4Cl)s3)o2)cc1. The van der Waals surface area contributed by atoms with Crippen molar-refractivity contribution in [3.8, 4) is 17.2 Å². The average molecular weight is 473 g/mol. The van der Waals surface area contributed by atoms with Gasteiger partial charge in [-0.25, -0.2) is 4.98 Å². The van der Waals surface area contributed by atoms with E-state index in [1.165, 1.54) is 11.3 Å². The van der Waals surface area contributed by atoms with E-state index < -0.39 is 0 Å². The zero-order chi connectivity index (χ0) is 21.6. The van der Waals surface area contributed by atoms with Crippen LogP contribution in [0.25, 0.3) is 11.5 Å². The number of carbonyl (C=O) groups is 1. The number of methoxy groups -OCH3 is 1. The Morgan fingerprint density at radius 2 is 2.00 bits per heavy atom. The van der Waals surface area contributed by atoms with E-state index in [0.717, 1.165) is 33.5 Å². The largest absolute Gasteiger partial charge is 0.497 e. The van der Waals surface area contributed by atoms with E-state index in [4.69, 9.17) is 20.8 Å². The molecule has 10 heteroatoms. The Balaban J connectivity index is 1.29. The van der Waals surface area contributed by atoms with Crippen LogP contribution in [0.15, 0.2) is 64.4 Å². The number of nitrogens with zero attached hydrogens (tertiary/aromatic N) is 3. The zero-order valence-corrected chi connectivity index (χ0v) is 18.8. The molecule has 0 saturated carbocycles. The second-order valence-corrected chi connectivity index (χ2v) is 8.79. The number of thioether (sulfide) groups is 1. The van der Waals surface area contributed by atoms with Gasteiger partial charge in [-0.1, -0.05) is 41.6 Å². The van der Waals surface area contributed by atoms with Gasteiger partial charge in [0, 0.05) is 28.1 Å². The molecule has 4 rings (SSSR count). The monoisotopic (exact) mass is 472 g/mol. The first-order chi connectivity index (χ1) is 15.1. The van der Waals surface area contributed by atoms with Crippen molar-refractivity contribution in [2.24, 2.45) is 0 Å². The smallest absolute Gasteiger partial charge is 0.277 e. The third-order valence-corrected chi connectivity index (χ3v) is 6.29. The maximum Gasteiger partial charge on any atom is 0.277 e. The summed E-state index contributed by atoms with van der Waals surface area (Å²) >= 11 is 8.79. The van der Waals surface area contributed by atoms with Crippen LogP contribution in [0.3, 0.4) is 0 Å². The van der Waals surface area contributed by atoms with Crippen LogP contribution < -0.4 is 10.1 Å². The van der Waals surface area contributed by atoms with Crippen LogP contribution in [0.1, 0.15) is 10.4 Å². The Kier molecular flexibility index (Phi) is 6.86. The van der Waals surface area contributed by atoms with Gasteiger partial charge < -0.3 is 14.5 Å². The van der Waals surface area contributed by atoms with Crippen molar-refractivity contribution in [2.45, 2.75) is 11.6 Å². The molecule has 4 aromatic rings. The van der Waals surface area contributed by atoms with Crippen LogP contribution in [0.2, 0.25) is 5.02 Å². The lowest BCUT2D eigenvalue weighted by atomic mass is 10.1. The number of thiazole rings is 1. The minimum absolute atomic E-state index is 0.129. The molecule has 0 spiro atoms. The Morgan fingerprint density at radius 1 is 1.19 bits per heavy atom. The Hall–Kier alpha value is -2.88. The molecule has 2 aromatic heterocycles. The molecule has 1 amide bonds. The van der Waals surface area contributed by atoms with Crippen molar-refractivity contribution in [1.29, 1.82) is 0 Å². The van der Waals surface area contributed by atoms with Gasteiger partial charge in [-0.3, -0.25) is 4.79 Å². The van der Waals surface area contributed by atoms with Gasteiger partial charge in [0.1, 0.15) is 5.75 Å². The van der Waals surface area contributed by atoms with E-state index in [1.54, 1.807) is 13.3 Å². The summed E-state index contributed by atoms with van der Waals surface area (Å²) < 4.78 is 10.8. The number of anilines is 1. The van der Waals surface area contributed by atoms with Crippen molar-refractivity contribution in [2.75, 3.05) is 18.2 Å². The van der Waals surface area contributed by atoms with Gasteiger partial charge in [0.25, 0.3) is 5.22 Å². The summed E-state index contributed by atoms with van der Waals surface area (Å²) in [5, 5.41) is 12.4. The Morgan fingerprint density at radius 3 is 2.77 bits per heavy atom. The molecular weight excluding hydrogens is 456 g/mol. The fourth-order valence-corrected chi connectivity index (χ4v) is 4.29. The first kappa shape index (κ1) is 21.4. The van der Waals surface area contributed by atoms with Crippen LogP contribution in [0.4, 0.5) is 5.13 Å². The molecule has 0 aliphatic carbocycles. The number of carbonyl (C=O) groups excluding carboxylic acids is 1. The van der Waals surface area contributed by atoms with Gasteiger partial charge in [0.05, 0.1) is 12.9 Å². The predicted octanol–water partition coefficient (Wildman–Crippen LogP) is 5.18. The number of ether oxygens (including phenoxy) is 1. The van der Waals surface area contributed by atoms with Crippen LogP contribution >= 0.6 is 34.7 Å². The minimum Gasteiger partial charge on any atom is -0.497 e. The topological polar surface area (TPSA) is 90.1 Å². The number of hydrogen-bond donors (Lipinski definition) is 1. The predicted molar refractivity (Wildman–Crippen MR) is 122 cm³/mol. The van der Waals surface area contributed by atoms with Gasteiger partial charge in [-0.15, -0.1) is 21.5 Å². The molecule has 0 unspecified atom stereocenters. The van der Waals surface area contributed by atoms with Crippen molar-refractivity contribution in [3.05, 3.63) is 70.2 Å². The summed E-state index contributed by atoms with van der Waals surface area (Å²) in [7, 11) is 1.60. The third kappa shape index (κ3) is 5.63. The van der Waals surface area contributed by atoms with Crippen LogP contribution in [-0.4, -0.2) is 34.0 Å². The maximum absolute atomic E-state index is 12.3. The maximum atomic E-state index is 12.3. The van der Waals surface area contributed by atoms with E-state index in [-0.39, 0.29) is 11.7 Å². The molecule has 7 nitrogen and oxygen atoms in total. The summed E-state index contributed by atoms with van der Waals surface area (Å²) in [6.45, 7) is 0. The number of rotatable bonds is 8. The lowest BCUT2D eigenvalue weighted by molar-refractivity contribution is -0.113. The van der Waals surface area contributed by atoms with Gasteiger partial charge >= 0.3 is 0 Å². The molecule has 2 heterocycles. The van der Waals surface area contributed by atoms with Crippen molar-refractivity contribution < 1.29 is 13.9 Å². The van der Waals surface area contributed by atoms with Crippen LogP contribution in [0, 0.1) is 0 Å². The third-order valence-electron chi connectivity index (χ3n) is 4.19. The molecule has 0 fully saturated rings. The lowest BCUT2D eigenvalue weighted by Crippen LogP contribution is -2.13. The minimum atomic E-state index is -0.201. The number of halogens is 1. The average Bonchev–Trinajstić information content (AvgIpc) is 3.44. The highest BCUT2D eigenvalue weighted by atomic mass is 35.5. The Bertz CT molecular complexity index is 1180. The zero-order valence-electron chi connectivity index (χ0n) is 16.4. The molecule has 0 atom stereocenters. The molecule has 1 N–H and O–H groups in total. The molecule has 31 heavy (non-hydrogen) atoms. The van der Waals surface area contributed by atoms with Crippen molar-refractivity contribution in [3.63, 3.8) is 0 Å². The van der Waals surface area contributed by atoms with E-state index in [1.807, 2.05) is 48.5 Å². The first-order valence-corrected chi connectivity index (χ1v) is 11.4. The van der Waals surface area contributed by atoms with Crippen molar-refractivity contribution in [1.82, 2.24) is 15.2 Å². The lowest BCUT2D eigenvalue weighted by Gasteiger charge is -2.01. The quantitative estimate of drug-likeness (QED) is 0.353. The highest BCUT2D eigenvalue weighted by Crippen LogP contribution is 2.26. The second kappa shape index (κ2) is 9.95. The van der Waals surface area contributed by atoms with E-state index in [9.17, 15) is 4.79 Å². The molecule has 0 aliphatic heterocycles. The fourth-order valence-electron chi connectivity index (χ4n) is 2.68. The van der Waals surface area contributed by atoms with E-state index >= 15 is 0 Å². The highest BCUT2D eigenvalue weighted by molar-refractivity contribution is 7.99. The molecule has 0 aliphatic rings. The number of nitrogens with one attached hydrogen (secondary N) is 1. The van der Waals surface area contributed by atoms with E-state index in [0.29, 0.717) is 27.7 Å². The molecule has 0 saturated heterocycles. The summed E-state index contributed by atoms with van der Waals surface area (Å²) in [6.07, 6.45) is 2.41. The molecule has 158 valence electrons. The van der Waals surface area contributed by atoms with Gasteiger partial charge in [-0.05, 0) is 35.9 Å². The summed E-state index contributed by atoms with van der Waals surface area (Å²) in [4.78, 5) is 17.5.